The maximum absolute atomic E-state index is 6.19. The van der Waals surface area contributed by atoms with Gasteiger partial charge < -0.3 is 5.73 Å². The van der Waals surface area contributed by atoms with Gasteiger partial charge in [0.05, 0.1) is 6.04 Å². The van der Waals surface area contributed by atoms with Gasteiger partial charge >= 0.3 is 0 Å². The fourth-order valence-corrected chi connectivity index (χ4v) is 2.45. The van der Waals surface area contributed by atoms with Crippen LogP contribution in [0.5, 0.6) is 0 Å². The summed E-state index contributed by atoms with van der Waals surface area (Å²) < 4.78 is 0.953. The van der Waals surface area contributed by atoms with Crippen LogP contribution in [0.2, 0.25) is 10.0 Å². The Balaban J connectivity index is 2.43. The van der Waals surface area contributed by atoms with E-state index < -0.39 is 0 Å². The van der Waals surface area contributed by atoms with Gasteiger partial charge in [-0.15, -0.1) is 0 Å². The Morgan fingerprint density at radius 3 is 2.53 bits per heavy atom. The molecule has 0 saturated heterocycles. The van der Waals surface area contributed by atoms with Gasteiger partial charge in [-0.1, -0.05) is 51.3 Å². The molecule has 2 aromatic rings. The van der Waals surface area contributed by atoms with Crippen molar-refractivity contribution < 1.29 is 0 Å². The Morgan fingerprint density at radius 2 is 1.82 bits per heavy atom. The minimum absolute atomic E-state index is 0.279. The first kappa shape index (κ1) is 12.9. The molecule has 0 spiro atoms. The van der Waals surface area contributed by atoms with Crippen molar-refractivity contribution in [3.8, 4) is 0 Å². The van der Waals surface area contributed by atoms with E-state index in [1.54, 1.807) is 0 Å². The zero-order valence-electron chi connectivity index (χ0n) is 8.83. The van der Waals surface area contributed by atoms with Gasteiger partial charge in [-0.25, -0.2) is 0 Å². The number of halogens is 3. The minimum atomic E-state index is -0.279. The molecule has 2 N–H and O–H groups in total. The molecule has 88 valence electrons. The van der Waals surface area contributed by atoms with Gasteiger partial charge in [0.1, 0.15) is 0 Å². The molecular formula is C13H10BrCl2N. The summed E-state index contributed by atoms with van der Waals surface area (Å²) in [5.41, 5.74) is 8.01. The number of nitrogens with two attached hydrogens (primary N) is 1. The highest BCUT2D eigenvalue weighted by Crippen LogP contribution is 2.30. The SMILES string of the molecule is NC(c1cccc(Cl)c1)c1cc(Br)ccc1Cl. The van der Waals surface area contributed by atoms with Crippen LogP contribution in [0.3, 0.4) is 0 Å². The van der Waals surface area contributed by atoms with E-state index in [4.69, 9.17) is 28.9 Å². The summed E-state index contributed by atoms with van der Waals surface area (Å²) in [5, 5.41) is 1.32. The molecule has 0 amide bonds. The quantitative estimate of drug-likeness (QED) is 0.840. The molecule has 0 fully saturated rings. The van der Waals surface area contributed by atoms with Crippen molar-refractivity contribution in [2.24, 2.45) is 5.73 Å². The summed E-state index contributed by atoms with van der Waals surface area (Å²) in [5.74, 6) is 0. The van der Waals surface area contributed by atoms with Gasteiger partial charge in [0.15, 0.2) is 0 Å². The summed E-state index contributed by atoms with van der Waals surface area (Å²) in [6.07, 6.45) is 0. The van der Waals surface area contributed by atoms with Gasteiger partial charge in [0.25, 0.3) is 0 Å². The monoisotopic (exact) mass is 329 g/mol. The standard InChI is InChI=1S/C13H10BrCl2N/c14-9-4-5-12(16)11(7-9)13(17)8-2-1-3-10(15)6-8/h1-7,13H,17H2. The average Bonchev–Trinajstić information content (AvgIpc) is 2.31. The second-order valence-electron chi connectivity index (χ2n) is 3.70. The summed E-state index contributed by atoms with van der Waals surface area (Å²) >= 11 is 15.5. The van der Waals surface area contributed by atoms with E-state index in [-0.39, 0.29) is 6.04 Å². The van der Waals surface area contributed by atoms with E-state index in [2.05, 4.69) is 15.9 Å². The van der Waals surface area contributed by atoms with Crippen LogP contribution in [0.1, 0.15) is 17.2 Å². The molecule has 1 nitrogen and oxygen atoms in total. The van der Waals surface area contributed by atoms with Crippen molar-refractivity contribution in [1.82, 2.24) is 0 Å². The summed E-state index contributed by atoms with van der Waals surface area (Å²) in [6, 6.07) is 12.8. The molecule has 17 heavy (non-hydrogen) atoms. The average molecular weight is 331 g/mol. The van der Waals surface area contributed by atoms with E-state index in [0.717, 1.165) is 15.6 Å². The van der Waals surface area contributed by atoms with E-state index in [1.807, 2.05) is 42.5 Å². The molecule has 0 radical (unpaired) electrons. The highest BCUT2D eigenvalue weighted by molar-refractivity contribution is 9.10. The van der Waals surface area contributed by atoms with Crippen molar-refractivity contribution in [3.05, 3.63) is 68.1 Å². The Morgan fingerprint density at radius 1 is 1.06 bits per heavy atom. The molecule has 0 aliphatic rings. The molecular weight excluding hydrogens is 321 g/mol. The highest BCUT2D eigenvalue weighted by atomic mass is 79.9. The lowest BCUT2D eigenvalue weighted by Crippen LogP contribution is -2.12. The lowest BCUT2D eigenvalue weighted by Gasteiger charge is -2.14. The second-order valence-corrected chi connectivity index (χ2v) is 5.46. The Labute approximate surface area is 119 Å². The van der Waals surface area contributed by atoms with Crippen LogP contribution in [-0.4, -0.2) is 0 Å². The second kappa shape index (κ2) is 5.40. The fourth-order valence-electron chi connectivity index (χ4n) is 1.63. The number of rotatable bonds is 2. The molecule has 0 aliphatic carbocycles. The third-order valence-corrected chi connectivity index (χ3v) is 3.57. The maximum Gasteiger partial charge on any atom is 0.0567 e. The summed E-state index contributed by atoms with van der Waals surface area (Å²) in [7, 11) is 0. The summed E-state index contributed by atoms with van der Waals surface area (Å²) in [4.78, 5) is 0. The van der Waals surface area contributed by atoms with E-state index >= 15 is 0 Å². The Hall–Kier alpha value is -0.540. The van der Waals surface area contributed by atoms with Crippen molar-refractivity contribution in [1.29, 1.82) is 0 Å². The lowest BCUT2D eigenvalue weighted by molar-refractivity contribution is 0.871. The molecule has 1 atom stereocenters. The van der Waals surface area contributed by atoms with Gasteiger partial charge in [0, 0.05) is 14.5 Å². The Bertz CT molecular complexity index is 543. The minimum Gasteiger partial charge on any atom is -0.320 e. The molecule has 0 heterocycles. The first-order chi connectivity index (χ1) is 8.08. The number of hydrogen-bond acceptors (Lipinski definition) is 1. The van der Waals surface area contributed by atoms with Crippen molar-refractivity contribution in [3.63, 3.8) is 0 Å². The summed E-state index contributed by atoms with van der Waals surface area (Å²) in [6.45, 7) is 0. The lowest BCUT2D eigenvalue weighted by atomic mass is 10.00. The maximum atomic E-state index is 6.19. The van der Waals surface area contributed by atoms with Gasteiger partial charge in [-0.2, -0.15) is 0 Å². The van der Waals surface area contributed by atoms with E-state index in [0.29, 0.717) is 10.0 Å². The topological polar surface area (TPSA) is 26.0 Å². The fraction of sp³-hybridized carbons (Fsp3) is 0.0769. The molecule has 0 aliphatic heterocycles. The predicted octanol–water partition coefficient (Wildman–Crippen LogP) is 4.80. The Kier molecular flexibility index (Phi) is 4.10. The third-order valence-electron chi connectivity index (χ3n) is 2.50. The van der Waals surface area contributed by atoms with Crippen LogP contribution in [0.15, 0.2) is 46.9 Å². The smallest absolute Gasteiger partial charge is 0.0567 e. The van der Waals surface area contributed by atoms with Crippen molar-refractivity contribution in [2.75, 3.05) is 0 Å². The van der Waals surface area contributed by atoms with Crippen molar-refractivity contribution in [2.45, 2.75) is 6.04 Å². The molecule has 2 rings (SSSR count). The number of hydrogen-bond donors (Lipinski definition) is 1. The van der Waals surface area contributed by atoms with Crippen LogP contribution >= 0.6 is 39.1 Å². The first-order valence-corrected chi connectivity index (χ1v) is 6.59. The molecule has 4 heteroatoms. The first-order valence-electron chi connectivity index (χ1n) is 5.04. The van der Waals surface area contributed by atoms with Gasteiger partial charge in [-0.05, 0) is 41.5 Å². The zero-order chi connectivity index (χ0) is 12.4. The van der Waals surface area contributed by atoms with Gasteiger partial charge in [-0.3, -0.25) is 0 Å². The van der Waals surface area contributed by atoms with Gasteiger partial charge in [0.2, 0.25) is 0 Å². The van der Waals surface area contributed by atoms with Crippen LogP contribution in [0.25, 0.3) is 0 Å². The molecule has 0 saturated carbocycles. The number of benzene rings is 2. The van der Waals surface area contributed by atoms with E-state index in [9.17, 15) is 0 Å². The van der Waals surface area contributed by atoms with E-state index in [1.165, 1.54) is 0 Å². The van der Waals surface area contributed by atoms with Crippen LogP contribution in [0.4, 0.5) is 0 Å². The van der Waals surface area contributed by atoms with Crippen LogP contribution in [0, 0.1) is 0 Å². The predicted molar refractivity (Wildman–Crippen MR) is 76.6 cm³/mol. The molecule has 0 bridgehead atoms. The molecule has 2 aromatic carbocycles. The zero-order valence-corrected chi connectivity index (χ0v) is 11.9. The normalized spacial score (nSPS) is 12.5. The van der Waals surface area contributed by atoms with Crippen LogP contribution in [-0.2, 0) is 0 Å². The largest absolute Gasteiger partial charge is 0.320 e. The highest BCUT2D eigenvalue weighted by Gasteiger charge is 2.13. The van der Waals surface area contributed by atoms with Crippen LogP contribution < -0.4 is 5.73 Å². The third kappa shape index (κ3) is 3.02. The molecule has 1 unspecified atom stereocenters. The molecule has 0 aromatic heterocycles. The van der Waals surface area contributed by atoms with Crippen molar-refractivity contribution >= 4 is 39.1 Å².